The Labute approximate surface area is 125 Å². The Hall–Kier alpha value is -0.580. The summed E-state index contributed by atoms with van der Waals surface area (Å²) in [6.45, 7) is 6.53. The van der Waals surface area contributed by atoms with Crippen LogP contribution in [0.5, 0.6) is 5.75 Å². The Bertz CT molecular complexity index is 384. The predicted molar refractivity (Wildman–Crippen MR) is 84.6 cm³/mol. The Kier molecular flexibility index (Phi) is 7.42. The number of hydrogen-bond acceptors (Lipinski definition) is 3. The number of likely N-dealkylation sites (N-methyl/N-ethyl adjacent to an activating group) is 1. The van der Waals surface area contributed by atoms with Gasteiger partial charge in [-0.2, -0.15) is 0 Å². The highest BCUT2D eigenvalue weighted by atomic mass is 79.9. The van der Waals surface area contributed by atoms with E-state index in [9.17, 15) is 0 Å². The van der Waals surface area contributed by atoms with Gasteiger partial charge in [-0.05, 0) is 45.1 Å². The molecule has 0 saturated heterocycles. The third kappa shape index (κ3) is 4.79. The summed E-state index contributed by atoms with van der Waals surface area (Å²) in [6, 6.07) is 6.34. The van der Waals surface area contributed by atoms with Gasteiger partial charge in [0.15, 0.2) is 0 Å². The second-order valence-corrected chi connectivity index (χ2v) is 5.62. The molecule has 19 heavy (non-hydrogen) atoms. The Morgan fingerprint density at radius 2 is 2.11 bits per heavy atom. The lowest BCUT2D eigenvalue weighted by atomic mass is 10.0. The molecule has 1 aromatic carbocycles. The highest BCUT2D eigenvalue weighted by molar-refractivity contribution is 9.10. The van der Waals surface area contributed by atoms with Crippen molar-refractivity contribution in [1.29, 1.82) is 0 Å². The molecule has 0 aliphatic rings. The maximum atomic E-state index is 5.98. The molecule has 0 saturated carbocycles. The number of ether oxygens (including phenoxy) is 1. The lowest BCUT2D eigenvalue weighted by Crippen LogP contribution is -2.31. The van der Waals surface area contributed by atoms with Crippen molar-refractivity contribution in [2.24, 2.45) is 5.73 Å². The van der Waals surface area contributed by atoms with Gasteiger partial charge in [0.1, 0.15) is 5.75 Å². The molecular formula is C15H25BrN2O. The van der Waals surface area contributed by atoms with E-state index >= 15 is 0 Å². The van der Waals surface area contributed by atoms with Gasteiger partial charge in [-0.3, -0.25) is 4.90 Å². The van der Waals surface area contributed by atoms with E-state index in [1.54, 1.807) is 0 Å². The van der Waals surface area contributed by atoms with Crippen LogP contribution in [-0.2, 0) is 0 Å². The molecule has 0 heterocycles. The molecule has 1 atom stereocenters. The van der Waals surface area contributed by atoms with E-state index in [-0.39, 0.29) is 6.04 Å². The Morgan fingerprint density at radius 3 is 2.68 bits per heavy atom. The van der Waals surface area contributed by atoms with Gasteiger partial charge in [-0.25, -0.2) is 0 Å². The molecule has 1 rings (SSSR count). The van der Waals surface area contributed by atoms with Gasteiger partial charge in [-0.1, -0.05) is 29.3 Å². The van der Waals surface area contributed by atoms with Crippen LogP contribution in [0.25, 0.3) is 0 Å². The first kappa shape index (κ1) is 16.5. The van der Waals surface area contributed by atoms with Gasteiger partial charge in [0.25, 0.3) is 0 Å². The average Bonchev–Trinajstić information content (AvgIpc) is 2.40. The minimum absolute atomic E-state index is 0.200. The fourth-order valence-electron chi connectivity index (χ4n) is 2.17. The number of nitrogens with zero attached hydrogens (tertiary/aromatic N) is 1. The van der Waals surface area contributed by atoms with Crippen LogP contribution in [-0.4, -0.2) is 31.6 Å². The van der Waals surface area contributed by atoms with Crippen molar-refractivity contribution in [1.82, 2.24) is 4.90 Å². The van der Waals surface area contributed by atoms with Gasteiger partial charge < -0.3 is 10.5 Å². The number of nitrogens with two attached hydrogens (primary N) is 1. The topological polar surface area (TPSA) is 38.5 Å². The molecule has 0 aliphatic carbocycles. The minimum Gasteiger partial charge on any atom is -0.494 e. The Morgan fingerprint density at radius 1 is 1.37 bits per heavy atom. The van der Waals surface area contributed by atoms with Crippen molar-refractivity contribution < 1.29 is 4.74 Å². The normalized spacial score (nSPS) is 12.7. The molecule has 0 amide bonds. The first-order chi connectivity index (χ1) is 9.13. The molecule has 0 aliphatic heterocycles. The molecule has 0 fully saturated rings. The summed E-state index contributed by atoms with van der Waals surface area (Å²) in [5.41, 5.74) is 7.14. The number of unbranched alkanes of at least 4 members (excludes halogenated alkanes) is 1. The highest BCUT2D eigenvalue weighted by Crippen LogP contribution is 2.31. The molecule has 0 radical (unpaired) electrons. The Balaban J connectivity index is 2.98. The van der Waals surface area contributed by atoms with Crippen LogP contribution in [0.3, 0.4) is 0 Å². The SMILES string of the molecule is CCCCN(C)C(CN)c1cc(Br)ccc1OCC. The zero-order valence-electron chi connectivity index (χ0n) is 12.2. The van der Waals surface area contributed by atoms with E-state index in [0.29, 0.717) is 13.2 Å². The van der Waals surface area contributed by atoms with Crippen LogP contribution in [0.1, 0.15) is 38.3 Å². The molecule has 4 heteroatoms. The van der Waals surface area contributed by atoms with Crippen molar-refractivity contribution in [3.63, 3.8) is 0 Å². The number of halogens is 1. The van der Waals surface area contributed by atoms with E-state index in [1.807, 2.05) is 19.1 Å². The van der Waals surface area contributed by atoms with Crippen molar-refractivity contribution in [3.05, 3.63) is 28.2 Å². The molecule has 108 valence electrons. The van der Waals surface area contributed by atoms with Gasteiger partial charge in [-0.15, -0.1) is 0 Å². The van der Waals surface area contributed by atoms with Crippen LogP contribution < -0.4 is 10.5 Å². The van der Waals surface area contributed by atoms with Crippen molar-refractivity contribution in [3.8, 4) is 5.75 Å². The van der Waals surface area contributed by atoms with Crippen LogP contribution >= 0.6 is 15.9 Å². The second-order valence-electron chi connectivity index (χ2n) is 4.70. The van der Waals surface area contributed by atoms with E-state index < -0.39 is 0 Å². The van der Waals surface area contributed by atoms with Crippen molar-refractivity contribution in [2.45, 2.75) is 32.7 Å². The number of benzene rings is 1. The molecule has 0 aromatic heterocycles. The summed E-state index contributed by atoms with van der Waals surface area (Å²) in [4.78, 5) is 2.31. The van der Waals surface area contributed by atoms with Gasteiger partial charge >= 0.3 is 0 Å². The summed E-state index contributed by atoms with van der Waals surface area (Å²) in [6.07, 6.45) is 2.38. The van der Waals surface area contributed by atoms with Gasteiger partial charge in [0.05, 0.1) is 12.6 Å². The maximum absolute atomic E-state index is 5.98. The standard InChI is InChI=1S/C15H25BrN2O/c1-4-6-9-18(3)14(11-17)13-10-12(16)7-8-15(13)19-5-2/h7-8,10,14H,4-6,9,11,17H2,1-3H3. The summed E-state index contributed by atoms with van der Waals surface area (Å²) in [7, 11) is 2.13. The second kappa shape index (κ2) is 8.56. The largest absolute Gasteiger partial charge is 0.494 e. The third-order valence-electron chi connectivity index (χ3n) is 3.25. The summed E-state index contributed by atoms with van der Waals surface area (Å²) < 4.78 is 6.79. The van der Waals surface area contributed by atoms with Crippen LogP contribution in [0.15, 0.2) is 22.7 Å². The predicted octanol–water partition coefficient (Wildman–Crippen LogP) is 3.58. The van der Waals surface area contributed by atoms with Crippen molar-refractivity contribution >= 4 is 15.9 Å². The van der Waals surface area contributed by atoms with E-state index in [4.69, 9.17) is 10.5 Å². The lowest BCUT2D eigenvalue weighted by Gasteiger charge is -2.28. The van der Waals surface area contributed by atoms with Gasteiger partial charge in [0.2, 0.25) is 0 Å². The first-order valence-corrected chi connectivity index (χ1v) is 7.75. The monoisotopic (exact) mass is 328 g/mol. The van der Waals surface area contributed by atoms with E-state index in [1.165, 1.54) is 12.8 Å². The molecule has 2 N–H and O–H groups in total. The van der Waals surface area contributed by atoms with Crippen LogP contribution in [0, 0.1) is 0 Å². The lowest BCUT2D eigenvalue weighted by molar-refractivity contribution is 0.237. The number of rotatable bonds is 8. The molecule has 0 bridgehead atoms. The quantitative estimate of drug-likeness (QED) is 0.792. The number of hydrogen-bond donors (Lipinski definition) is 1. The maximum Gasteiger partial charge on any atom is 0.124 e. The van der Waals surface area contributed by atoms with E-state index in [0.717, 1.165) is 22.3 Å². The molecular weight excluding hydrogens is 304 g/mol. The fraction of sp³-hybridized carbons (Fsp3) is 0.600. The summed E-state index contributed by atoms with van der Waals surface area (Å²) in [5.74, 6) is 0.935. The smallest absolute Gasteiger partial charge is 0.124 e. The zero-order valence-corrected chi connectivity index (χ0v) is 13.7. The fourth-order valence-corrected chi connectivity index (χ4v) is 2.55. The third-order valence-corrected chi connectivity index (χ3v) is 3.74. The van der Waals surface area contributed by atoms with E-state index in [2.05, 4.69) is 40.9 Å². The molecule has 1 unspecified atom stereocenters. The molecule has 1 aromatic rings. The van der Waals surface area contributed by atoms with Crippen molar-refractivity contribution in [2.75, 3.05) is 26.7 Å². The summed E-state index contributed by atoms with van der Waals surface area (Å²) >= 11 is 3.53. The molecule has 3 nitrogen and oxygen atoms in total. The minimum atomic E-state index is 0.200. The molecule has 0 spiro atoms. The highest BCUT2D eigenvalue weighted by Gasteiger charge is 2.19. The van der Waals surface area contributed by atoms with Gasteiger partial charge in [0, 0.05) is 16.6 Å². The van der Waals surface area contributed by atoms with Crippen LogP contribution in [0.2, 0.25) is 0 Å². The first-order valence-electron chi connectivity index (χ1n) is 6.96. The average molecular weight is 329 g/mol. The van der Waals surface area contributed by atoms with Crippen LogP contribution in [0.4, 0.5) is 0 Å². The zero-order chi connectivity index (χ0) is 14.3. The summed E-state index contributed by atoms with van der Waals surface area (Å²) in [5, 5.41) is 0.